The third-order valence-corrected chi connectivity index (χ3v) is 4.10. The van der Waals surface area contributed by atoms with Crippen LogP contribution < -0.4 is 15.2 Å². The summed E-state index contributed by atoms with van der Waals surface area (Å²) in [5.74, 6) is 1.78. The minimum Gasteiger partial charge on any atom is -0.496 e. The Labute approximate surface area is 119 Å². The highest BCUT2D eigenvalue weighted by molar-refractivity contribution is 5.48. The van der Waals surface area contributed by atoms with E-state index in [4.69, 9.17) is 15.2 Å². The quantitative estimate of drug-likeness (QED) is 0.898. The molecule has 2 unspecified atom stereocenters. The first-order valence-corrected chi connectivity index (χ1v) is 6.85. The lowest BCUT2D eigenvalue weighted by Crippen LogP contribution is -2.21. The minimum atomic E-state index is -0.564. The molecule has 1 heterocycles. The maximum atomic E-state index is 13.0. The molecule has 4 nitrogen and oxygen atoms in total. The second-order valence-electron chi connectivity index (χ2n) is 5.33. The van der Waals surface area contributed by atoms with Gasteiger partial charge in [-0.05, 0) is 38.1 Å². The van der Waals surface area contributed by atoms with Crippen LogP contribution >= 0.6 is 0 Å². The Morgan fingerprint density at radius 2 is 2.00 bits per heavy atom. The van der Waals surface area contributed by atoms with Crippen LogP contribution in [-0.4, -0.2) is 39.3 Å². The second kappa shape index (κ2) is 6.41. The summed E-state index contributed by atoms with van der Waals surface area (Å²) >= 11 is 0. The second-order valence-corrected chi connectivity index (χ2v) is 5.33. The van der Waals surface area contributed by atoms with Gasteiger partial charge in [0.2, 0.25) is 0 Å². The molecule has 112 valence electrons. The van der Waals surface area contributed by atoms with Gasteiger partial charge in [0.05, 0.1) is 14.2 Å². The van der Waals surface area contributed by atoms with Crippen LogP contribution in [0.25, 0.3) is 0 Å². The molecule has 1 aromatic rings. The van der Waals surface area contributed by atoms with Gasteiger partial charge in [-0.3, -0.25) is 4.90 Å². The van der Waals surface area contributed by atoms with Gasteiger partial charge in [0, 0.05) is 23.7 Å². The molecule has 1 aliphatic rings. The van der Waals surface area contributed by atoms with E-state index in [0.717, 1.165) is 18.5 Å². The summed E-state index contributed by atoms with van der Waals surface area (Å²) in [5.41, 5.74) is 7.34. The predicted octanol–water partition coefficient (Wildman–Crippen LogP) is 2.12. The number of nitrogens with two attached hydrogens (primary N) is 1. The maximum Gasteiger partial charge on any atom is 0.125 e. The fraction of sp³-hybridized carbons (Fsp3) is 0.600. The number of likely N-dealkylation sites (tertiary alicyclic amines) is 1. The van der Waals surface area contributed by atoms with Crippen molar-refractivity contribution < 1.29 is 13.9 Å². The van der Waals surface area contributed by atoms with E-state index >= 15 is 0 Å². The predicted molar refractivity (Wildman–Crippen MR) is 76.9 cm³/mol. The molecule has 2 atom stereocenters. The number of hydrogen-bond donors (Lipinski definition) is 1. The molecule has 2 rings (SSSR count). The van der Waals surface area contributed by atoms with Crippen molar-refractivity contribution in [3.8, 4) is 11.5 Å². The van der Waals surface area contributed by atoms with E-state index < -0.39 is 6.67 Å². The molecule has 1 aromatic carbocycles. The third-order valence-electron chi connectivity index (χ3n) is 4.10. The largest absolute Gasteiger partial charge is 0.496 e. The fourth-order valence-electron chi connectivity index (χ4n) is 2.99. The normalized spacial score (nSPS) is 23.1. The van der Waals surface area contributed by atoms with Crippen LogP contribution in [0.15, 0.2) is 12.1 Å². The summed E-state index contributed by atoms with van der Waals surface area (Å²) < 4.78 is 23.8. The molecule has 1 saturated heterocycles. The highest BCUT2D eigenvalue weighted by Gasteiger charge is 2.32. The number of alkyl halides is 1. The lowest BCUT2D eigenvalue weighted by atomic mass is 9.97. The van der Waals surface area contributed by atoms with E-state index in [1.807, 2.05) is 6.07 Å². The van der Waals surface area contributed by atoms with Crippen LogP contribution in [0.1, 0.15) is 23.6 Å². The summed E-state index contributed by atoms with van der Waals surface area (Å²) in [6.45, 7) is 1.09. The fourth-order valence-corrected chi connectivity index (χ4v) is 2.99. The van der Waals surface area contributed by atoms with Crippen LogP contribution in [0.4, 0.5) is 4.39 Å². The molecular weight excluding hydrogens is 259 g/mol. The number of methoxy groups -OCH3 is 2. The number of benzene rings is 1. The van der Waals surface area contributed by atoms with E-state index in [0.29, 0.717) is 29.5 Å². The van der Waals surface area contributed by atoms with Gasteiger partial charge < -0.3 is 15.2 Å². The SMILES string of the molecule is COc1cc(C2CC(CN)CN2C)c(OC)cc1CF. The van der Waals surface area contributed by atoms with Crippen molar-refractivity contribution in [1.29, 1.82) is 0 Å². The first-order valence-electron chi connectivity index (χ1n) is 6.85. The molecule has 20 heavy (non-hydrogen) atoms. The van der Waals surface area contributed by atoms with Gasteiger partial charge in [-0.1, -0.05) is 0 Å². The van der Waals surface area contributed by atoms with Crippen LogP contribution in [-0.2, 0) is 6.67 Å². The Bertz CT molecular complexity index is 467. The van der Waals surface area contributed by atoms with E-state index in [-0.39, 0.29) is 6.04 Å². The van der Waals surface area contributed by atoms with Gasteiger partial charge in [-0.25, -0.2) is 4.39 Å². The zero-order valence-corrected chi connectivity index (χ0v) is 12.4. The summed E-state index contributed by atoms with van der Waals surface area (Å²) in [5, 5.41) is 0. The van der Waals surface area contributed by atoms with Crippen molar-refractivity contribution in [3.05, 3.63) is 23.3 Å². The number of rotatable bonds is 5. The summed E-state index contributed by atoms with van der Waals surface area (Å²) in [4.78, 5) is 2.27. The van der Waals surface area contributed by atoms with Crippen LogP contribution in [0, 0.1) is 5.92 Å². The summed E-state index contributed by atoms with van der Waals surface area (Å²) in [6.07, 6.45) is 0.988. The standard InChI is InChI=1S/C15H23FN2O2/c1-18-9-10(8-17)4-13(18)12-6-14(19-2)11(7-16)5-15(12)20-3/h5-6,10,13H,4,7-9,17H2,1-3H3. The highest BCUT2D eigenvalue weighted by atomic mass is 19.1. The molecular formula is C15H23FN2O2. The topological polar surface area (TPSA) is 47.7 Å². The van der Waals surface area contributed by atoms with Crippen molar-refractivity contribution in [3.63, 3.8) is 0 Å². The molecule has 0 aromatic heterocycles. The zero-order chi connectivity index (χ0) is 14.7. The molecule has 1 aliphatic heterocycles. The first-order chi connectivity index (χ1) is 9.64. The third kappa shape index (κ3) is 2.74. The van der Waals surface area contributed by atoms with E-state index in [2.05, 4.69) is 11.9 Å². The first kappa shape index (κ1) is 15.1. The number of nitrogens with zero attached hydrogens (tertiary/aromatic N) is 1. The Kier molecular flexibility index (Phi) is 4.83. The molecule has 5 heteroatoms. The van der Waals surface area contributed by atoms with Crippen molar-refractivity contribution in [1.82, 2.24) is 4.90 Å². The highest BCUT2D eigenvalue weighted by Crippen LogP contribution is 2.41. The van der Waals surface area contributed by atoms with Gasteiger partial charge >= 0.3 is 0 Å². The van der Waals surface area contributed by atoms with Crippen LogP contribution in [0.3, 0.4) is 0 Å². The molecule has 0 bridgehead atoms. The molecule has 0 saturated carbocycles. The molecule has 1 fully saturated rings. The van der Waals surface area contributed by atoms with Crippen LogP contribution in [0.2, 0.25) is 0 Å². The van der Waals surface area contributed by atoms with E-state index in [9.17, 15) is 4.39 Å². The average Bonchev–Trinajstić information content (AvgIpc) is 2.86. The van der Waals surface area contributed by atoms with Gasteiger partial charge in [0.1, 0.15) is 18.2 Å². The smallest absolute Gasteiger partial charge is 0.125 e. The lowest BCUT2D eigenvalue weighted by Gasteiger charge is -2.23. The Morgan fingerprint density at radius 3 is 2.50 bits per heavy atom. The van der Waals surface area contributed by atoms with Crippen molar-refractivity contribution in [2.24, 2.45) is 11.7 Å². The van der Waals surface area contributed by atoms with Crippen molar-refractivity contribution in [2.45, 2.75) is 19.1 Å². The summed E-state index contributed by atoms with van der Waals surface area (Å²) in [7, 11) is 5.25. The van der Waals surface area contributed by atoms with Crippen LogP contribution in [0.5, 0.6) is 11.5 Å². The van der Waals surface area contributed by atoms with Gasteiger partial charge in [0.15, 0.2) is 0 Å². The van der Waals surface area contributed by atoms with Crippen molar-refractivity contribution in [2.75, 3.05) is 34.4 Å². The molecule has 0 amide bonds. The van der Waals surface area contributed by atoms with Gasteiger partial charge in [-0.15, -0.1) is 0 Å². The number of halogens is 1. The molecule has 2 N–H and O–H groups in total. The van der Waals surface area contributed by atoms with E-state index in [1.54, 1.807) is 20.3 Å². The molecule has 0 radical (unpaired) electrons. The Balaban J connectivity index is 2.39. The monoisotopic (exact) mass is 282 g/mol. The number of hydrogen-bond acceptors (Lipinski definition) is 4. The Morgan fingerprint density at radius 1 is 1.30 bits per heavy atom. The lowest BCUT2D eigenvalue weighted by molar-refractivity contribution is 0.300. The van der Waals surface area contributed by atoms with Gasteiger partial charge in [-0.2, -0.15) is 0 Å². The zero-order valence-electron chi connectivity index (χ0n) is 12.4. The van der Waals surface area contributed by atoms with E-state index in [1.165, 1.54) is 0 Å². The molecule has 0 spiro atoms. The average molecular weight is 282 g/mol. The maximum absolute atomic E-state index is 13.0. The summed E-state index contributed by atoms with van der Waals surface area (Å²) in [6, 6.07) is 3.87. The number of ether oxygens (including phenoxy) is 2. The van der Waals surface area contributed by atoms with Gasteiger partial charge in [0.25, 0.3) is 0 Å². The minimum absolute atomic E-state index is 0.237. The van der Waals surface area contributed by atoms with Crippen molar-refractivity contribution >= 4 is 0 Å². The molecule has 0 aliphatic carbocycles. The Hall–Kier alpha value is -1.33.